The molecule has 2 aromatic rings. The standard InChI is InChI=1S/C14H16N2O/c1-17-13-4-2-3-12(10-13)14(15)9-11-5-7-16-8-6-11/h2-8,10,14H,9,15H2,1H3/t14-/m1/s1. The molecule has 0 unspecified atom stereocenters. The van der Waals surface area contributed by atoms with Crippen molar-refractivity contribution < 1.29 is 4.74 Å². The molecule has 88 valence electrons. The first-order chi connectivity index (χ1) is 8.29. The molecule has 0 spiro atoms. The Morgan fingerprint density at radius 2 is 2.00 bits per heavy atom. The summed E-state index contributed by atoms with van der Waals surface area (Å²) in [5.74, 6) is 0.840. The van der Waals surface area contributed by atoms with Crippen LogP contribution in [0.5, 0.6) is 5.75 Å². The van der Waals surface area contributed by atoms with E-state index < -0.39 is 0 Å². The normalized spacial score (nSPS) is 12.1. The molecule has 3 heteroatoms. The molecule has 0 saturated heterocycles. The highest BCUT2D eigenvalue weighted by Crippen LogP contribution is 2.20. The first-order valence-electron chi connectivity index (χ1n) is 5.58. The molecule has 0 radical (unpaired) electrons. The number of pyridine rings is 1. The van der Waals surface area contributed by atoms with Crippen LogP contribution in [0, 0.1) is 0 Å². The third kappa shape index (κ3) is 3.04. The molecule has 2 N–H and O–H groups in total. The van der Waals surface area contributed by atoms with Gasteiger partial charge in [-0.15, -0.1) is 0 Å². The fraction of sp³-hybridized carbons (Fsp3) is 0.214. The summed E-state index contributed by atoms with van der Waals surface area (Å²) in [7, 11) is 1.66. The van der Waals surface area contributed by atoms with Crippen molar-refractivity contribution in [3.8, 4) is 5.75 Å². The zero-order valence-electron chi connectivity index (χ0n) is 9.84. The van der Waals surface area contributed by atoms with Crippen LogP contribution in [-0.2, 0) is 6.42 Å². The zero-order valence-corrected chi connectivity index (χ0v) is 9.84. The third-order valence-electron chi connectivity index (χ3n) is 2.73. The lowest BCUT2D eigenvalue weighted by Gasteiger charge is -2.13. The van der Waals surface area contributed by atoms with Crippen LogP contribution in [0.25, 0.3) is 0 Å². The maximum absolute atomic E-state index is 6.17. The van der Waals surface area contributed by atoms with Crippen molar-refractivity contribution >= 4 is 0 Å². The number of nitrogens with two attached hydrogens (primary N) is 1. The van der Waals surface area contributed by atoms with E-state index in [-0.39, 0.29) is 6.04 Å². The molecule has 1 heterocycles. The van der Waals surface area contributed by atoms with Crippen LogP contribution in [0.1, 0.15) is 17.2 Å². The summed E-state index contributed by atoms with van der Waals surface area (Å²) < 4.78 is 5.19. The Kier molecular flexibility index (Phi) is 3.73. The fourth-order valence-electron chi connectivity index (χ4n) is 1.76. The van der Waals surface area contributed by atoms with Gasteiger partial charge < -0.3 is 10.5 Å². The van der Waals surface area contributed by atoms with Gasteiger partial charge in [0.25, 0.3) is 0 Å². The summed E-state index contributed by atoms with van der Waals surface area (Å²) in [6.45, 7) is 0. The molecule has 2 rings (SSSR count). The van der Waals surface area contributed by atoms with Gasteiger partial charge in [-0.3, -0.25) is 4.98 Å². The van der Waals surface area contributed by atoms with Crippen LogP contribution in [0.3, 0.4) is 0 Å². The van der Waals surface area contributed by atoms with E-state index in [1.54, 1.807) is 19.5 Å². The molecule has 0 saturated carbocycles. The van der Waals surface area contributed by atoms with Gasteiger partial charge in [-0.2, -0.15) is 0 Å². The molecular formula is C14H16N2O. The van der Waals surface area contributed by atoms with Crippen LogP contribution in [0.4, 0.5) is 0 Å². The highest BCUT2D eigenvalue weighted by molar-refractivity contribution is 5.31. The number of hydrogen-bond donors (Lipinski definition) is 1. The number of rotatable bonds is 4. The smallest absolute Gasteiger partial charge is 0.119 e. The summed E-state index contributed by atoms with van der Waals surface area (Å²) in [5.41, 5.74) is 8.45. The van der Waals surface area contributed by atoms with E-state index in [4.69, 9.17) is 10.5 Å². The SMILES string of the molecule is COc1cccc([C@H](N)Cc2ccncc2)c1. The molecular weight excluding hydrogens is 212 g/mol. The highest BCUT2D eigenvalue weighted by atomic mass is 16.5. The summed E-state index contributed by atoms with van der Waals surface area (Å²) in [5, 5.41) is 0. The molecule has 1 atom stereocenters. The largest absolute Gasteiger partial charge is 0.497 e. The molecule has 1 aromatic heterocycles. The lowest BCUT2D eigenvalue weighted by atomic mass is 10.0. The molecule has 0 aliphatic heterocycles. The molecule has 0 aliphatic rings. The minimum absolute atomic E-state index is 0.0208. The average Bonchev–Trinajstić information content (AvgIpc) is 2.40. The Labute approximate surface area is 101 Å². The van der Waals surface area contributed by atoms with Crippen LogP contribution >= 0.6 is 0 Å². The lowest BCUT2D eigenvalue weighted by molar-refractivity contribution is 0.414. The van der Waals surface area contributed by atoms with Gasteiger partial charge in [0, 0.05) is 18.4 Å². The number of hydrogen-bond acceptors (Lipinski definition) is 3. The van der Waals surface area contributed by atoms with Crippen molar-refractivity contribution in [3.63, 3.8) is 0 Å². The first-order valence-corrected chi connectivity index (χ1v) is 5.58. The number of ether oxygens (including phenoxy) is 1. The van der Waals surface area contributed by atoms with E-state index >= 15 is 0 Å². The topological polar surface area (TPSA) is 48.1 Å². The van der Waals surface area contributed by atoms with Gasteiger partial charge in [0.15, 0.2) is 0 Å². The van der Waals surface area contributed by atoms with Crippen molar-refractivity contribution in [2.75, 3.05) is 7.11 Å². The predicted octanol–water partition coefficient (Wildman–Crippen LogP) is 2.33. The maximum Gasteiger partial charge on any atom is 0.119 e. The third-order valence-corrected chi connectivity index (χ3v) is 2.73. The Morgan fingerprint density at radius 1 is 1.24 bits per heavy atom. The molecule has 0 fully saturated rings. The second kappa shape index (κ2) is 5.46. The van der Waals surface area contributed by atoms with Gasteiger partial charge in [0.1, 0.15) is 5.75 Å². The van der Waals surface area contributed by atoms with Crippen molar-refractivity contribution in [1.29, 1.82) is 0 Å². The lowest BCUT2D eigenvalue weighted by Crippen LogP contribution is -2.13. The number of benzene rings is 1. The van der Waals surface area contributed by atoms with Crippen LogP contribution in [0.15, 0.2) is 48.8 Å². The number of nitrogens with zero attached hydrogens (tertiary/aromatic N) is 1. The molecule has 0 aliphatic carbocycles. The van der Waals surface area contributed by atoms with Gasteiger partial charge in [0.05, 0.1) is 7.11 Å². The monoisotopic (exact) mass is 228 g/mol. The van der Waals surface area contributed by atoms with Crippen molar-refractivity contribution in [3.05, 3.63) is 59.9 Å². The average molecular weight is 228 g/mol. The zero-order chi connectivity index (χ0) is 12.1. The fourth-order valence-corrected chi connectivity index (χ4v) is 1.76. The summed E-state index contributed by atoms with van der Waals surface area (Å²) in [6.07, 6.45) is 4.37. The molecule has 0 amide bonds. The predicted molar refractivity (Wildman–Crippen MR) is 67.9 cm³/mol. The minimum atomic E-state index is -0.0208. The summed E-state index contributed by atoms with van der Waals surface area (Å²) in [4.78, 5) is 3.99. The second-order valence-electron chi connectivity index (χ2n) is 3.94. The van der Waals surface area contributed by atoms with E-state index in [0.717, 1.165) is 17.7 Å². The highest BCUT2D eigenvalue weighted by Gasteiger charge is 2.07. The van der Waals surface area contributed by atoms with E-state index in [1.165, 1.54) is 5.56 Å². The van der Waals surface area contributed by atoms with Gasteiger partial charge in [-0.25, -0.2) is 0 Å². The summed E-state index contributed by atoms with van der Waals surface area (Å²) >= 11 is 0. The van der Waals surface area contributed by atoms with E-state index in [0.29, 0.717) is 0 Å². The van der Waals surface area contributed by atoms with Crippen LogP contribution in [-0.4, -0.2) is 12.1 Å². The van der Waals surface area contributed by atoms with Crippen LogP contribution < -0.4 is 10.5 Å². The van der Waals surface area contributed by atoms with Gasteiger partial charge in [0.2, 0.25) is 0 Å². The summed E-state index contributed by atoms with van der Waals surface area (Å²) in [6, 6.07) is 11.8. The number of aromatic nitrogens is 1. The van der Waals surface area contributed by atoms with Crippen molar-refractivity contribution in [1.82, 2.24) is 4.98 Å². The van der Waals surface area contributed by atoms with E-state index in [1.807, 2.05) is 36.4 Å². The van der Waals surface area contributed by atoms with E-state index in [9.17, 15) is 0 Å². The Hall–Kier alpha value is -1.87. The Morgan fingerprint density at radius 3 is 2.71 bits per heavy atom. The van der Waals surface area contributed by atoms with Gasteiger partial charge in [-0.1, -0.05) is 12.1 Å². The van der Waals surface area contributed by atoms with Gasteiger partial charge in [-0.05, 0) is 41.8 Å². The van der Waals surface area contributed by atoms with Crippen molar-refractivity contribution in [2.45, 2.75) is 12.5 Å². The number of methoxy groups -OCH3 is 1. The molecule has 17 heavy (non-hydrogen) atoms. The van der Waals surface area contributed by atoms with Crippen molar-refractivity contribution in [2.24, 2.45) is 5.73 Å². The maximum atomic E-state index is 6.17. The van der Waals surface area contributed by atoms with Crippen LogP contribution in [0.2, 0.25) is 0 Å². The second-order valence-corrected chi connectivity index (χ2v) is 3.94. The Balaban J connectivity index is 2.11. The molecule has 0 bridgehead atoms. The van der Waals surface area contributed by atoms with Gasteiger partial charge >= 0.3 is 0 Å². The van der Waals surface area contributed by atoms with E-state index in [2.05, 4.69) is 4.98 Å². The quantitative estimate of drug-likeness (QED) is 0.873. The molecule has 3 nitrogen and oxygen atoms in total. The molecule has 1 aromatic carbocycles. The first kappa shape index (κ1) is 11.6. The Bertz CT molecular complexity index is 471. The minimum Gasteiger partial charge on any atom is -0.497 e.